The lowest BCUT2D eigenvalue weighted by molar-refractivity contribution is 0.107. The van der Waals surface area contributed by atoms with Crippen LogP contribution < -0.4 is 14.2 Å². The standard InChI is InChI=1S/C14H18O4/c1-9(2)4-11(15)7-16-12-6-14-13(5-10(12)3)17-8-18-14/h5-6,11,15H,1,4,7-8H2,2-3H3/t11-/m1/s1. The molecule has 1 aliphatic rings. The van der Waals surface area contributed by atoms with Crippen molar-refractivity contribution in [1.82, 2.24) is 0 Å². The maximum atomic E-state index is 9.72. The predicted molar refractivity (Wildman–Crippen MR) is 68.2 cm³/mol. The van der Waals surface area contributed by atoms with E-state index >= 15 is 0 Å². The van der Waals surface area contributed by atoms with Crippen LogP contribution in [-0.4, -0.2) is 24.6 Å². The number of ether oxygens (including phenoxy) is 3. The molecule has 1 aromatic rings. The normalized spacial score (nSPS) is 14.4. The highest BCUT2D eigenvalue weighted by atomic mass is 16.7. The van der Waals surface area contributed by atoms with Gasteiger partial charge in [0.1, 0.15) is 12.4 Å². The van der Waals surface area contributed by atoms with E-state index in [9.17, 15) is 5.11 Å². The molecule has 0 saturated heterocycles. The summed E-state index contributed by atoms with van der Waals surface area (Å²) in [6, 6.07) is 3.67. The van der Waals surface area contributed by atoms with Crippen molar-refractivity contribution < 1.29 is 19.3 Å². The van der Waals surface area contributed by atoms with Crippen molar-refractivity contribution in [3.63, 3.8) is 0 Å². The Bertz CT molecular complexity index is 453. The highest BCUT2D eigenvalue weighted by Crippen LogP contribution is 2.37. The maximum absolute atomic E-state index is 9.72. The minimum absolute atomic E-state index is 0.243. The number of aryl methyl sites for hydroxylation is 1. The van der Waals surface area contributed by atoms with Crippen LogP contribution in [0.4, 0.5) is 0 Å². The molecule has 4 nitrogen and oxygen atoms in total. The van der Waals surface area contributed by atoms with Crippen LogP contribution in [0.3, 0.4) is 0 Å². The molecular weight excluding hydrogens is 232 g/mol. The molecule has 1 aromatic carbocycles. The number of rotatable bonds is 5. The molecule has 2 rings (SSSR count). The summed E-state index contributed by atoms with van der Waals surface area (Å²) >= 11 is 0. The molecule has 0 saturated carbocycles. The Hall–Kier alpha value is -1.68. The Balaban J connectivity index is 1.99. The van der Waals surface area contributed by atoms with Crippen LogP contribution in [0.2, 0.25) is 0 Å². The van der Waals surface area contributed by atoms with Crippen LogP contribution in [0, 0.1) is 6.92 Å². The second kappa shape index (κ2) is 5.31. The molecule has 4 heteroatoms. The molecule has 0 spiro atoms. The summed E-state index contributed by atoms with van der Waals surface area (Å²) in [5.74, 6) is 2.13. The van der Waals surface area contributed by atoms with Crippen molar-refractivity contribution in [1.29, 1.82) is 0 Å². The second-order valence-corrected chi connectivity index (χ2v) is 4.60. The van der Waals surface area contributed by atoms with Crippen molar-refractivity contribution in [2.75, 3.05) is 13.4 Å². The van der Waals surface area contributed by atoms with Crippen molar-refractivity contribution in [3.8, 4) is 17.2 Å². The number of hydrogen-bond donors (Lipinski definition) is 1. The average molecular weight is 250 g/mol. The summed E-state index contributed by atoms with van der Waals surface area (Å²) in [7, 11) is 0. The molecule has 0 unspecified atom stereocenters. The fourth-order valence-electron chi connectivity index (χ4n) is 1.83. The zero-order valence-electron chi connectivity index (χ0n) is 10.7. The van der Waals surface area contributed by atoms with Gasteiger partial charge in [0.05, 0.1) is 6.10 Å². The number of fused-ring (bicyclic) bond motifs is 1. The minimum atomic E-state index is -0.535. The first-order valence-corrected chi connectivity index (χ1v) is 5.91. The van der Waals surface area contributed by atoms with E-state index in [0.717, 1.165) is 16.9 Å². The number of benzene rings is 1. The van der Waals surface area contributed by atoms with Gasteiger partial charge in [0, 0.05) is 6.07 Å². The highest BCUT2D eigenvalue weighted by Gasteiger charge is 2.17. The topological polar surface area (TPSA) is 47.9 Å². The predicted octanol–water partition coefficient (Wildman–Crippen LogP) is 2.43. The monoisotopic (exact) mass is 250 g/mol. The van der Waals surface area contributed by atoms with E-state index in [2.05, 4.69) is 6.58 Å². The number of aliphatic hydroxyl groups is 1. The zero-order chi connectivity index (χ0) is 13.1. The van der Waals surface area contributed by atoms with Crippen molar-refractivity contribution in [3.05, 3.63) is 29.8 Å². The summed E-state index contributed by atoms with van der Waals surface area (Å²) in [5, 5.41) is 9.72. The molecule has 1 aliphatic heterocycles. The van der Waals surface area contributed by atoms with Gasteiger partial charge in [-0.2, -0.15) is 0 Å². The maximum Gasteiger partial charge on any atom is 0.231 e. The third-order valence-corrected chi connectivity index (χ3v) is 2.69. The third-order valence-electron chi connectivity index (χ3n) is 2.69. The summed E-state index contributed by atoms with van der Waals surface area (Å²) in [6.45, 7) is 8.07. The first-order valence-electron chi connectivity index (χ1n) is 5.91. The van der Waals surface area contributed by atoms with E-state index in [0.29, 0.717) is 17.9 Å². The molecule has 0 bridgehead atoms. The molecule has 18 heavy (non-hydrogen) atoms. The van der Waals surface area contributed by atoms with E-state index in [4.69, 9.17) is 14.2 Å². The average Bonchev–Trinajstić information content (AvgIpc) is 2.71. The smallest absolute Gasteiger partial charge is 0.231 e. The number of aliphatic hydroxyl groups excluding tert-OH is 1. The molecule has 0 aliphatic carbocycles. The van der Waals surface area contributed by atoms with Gasteiger partial charge >= 0.3 is 0 Å². The minimum Gasteiger partial charge on any atom is -0.490 e. The van der Waals surface area contributed by atoms with Crippen molar-refractivity contribution in [2.45, 2.75) is 26.4 Å². The van der Waals surface area contributed by atoms with Crippen molar-refractivity contribution >= 4 is 0 Å². The van der Waals surface area contributed by atoms with Gasteiger partial charge in [-0.1, -0.05) is 5.57 Å². The molecule has 0 amide bonds. The van der Waals surface area contributed by atoms with Crippen LogP contribution >= 0.6 is 0 Å². The summed E-state index contributed by atoms with van der Waals surface area (Å²) < 4.78 is 16.2. The van der Waals surface area contributed by atoms with Gasteiger partial charge in [-0.15, -0.1) is 6.58 Å². The quantitative estimate of drug-likeness (QED) is 0.815. The van der Waals surface area contributed by atoms with Gasteiger partial charge in [0.2, 0.25) is 6.79 Å². The first-order chi connectivity index (χ1) is 8.56. The molecule has 0 radical (unpaired) electrons. The van der Waals surface area contributed by atoms with Gasteiger partial charge in [-0.25, -0.2) is 0 Å². The molecule has 1 N–H and O–H groups in total. The van der Waals surface area contributed by atoms with Crippen LogP contribution in [-0.2, 0) is 0 Å². The van der Waals surface area contributed by atoms with Gasteiger partial charge in [0.15, 0.2) is 11.5 Å². The van der Waals surface area contributed by atoms with E-state index in [-0.39, 0.29) is 13.4 Å². The molecule has 0 fully saturated rings. The van der Waals surface area contributed by atoms with Gasteiger partial charge in [-0.3, -0.25) is 0 Å². The van der Waals surface area contributed by atoms with E-state index in [1.54, 1.807) is 6.07 Å². The Labute approximate surface area is 107 Å². The first kappa shape index (κ1) is 12.8. The number of hydrogen-bond acceptors (Lipinski definition) is 4. The Kier molecular flexibility index (Phi) is 3.77. The Morgan fingerprint density at radius 2 is 2.11 bits per heavy atom. The fraction of sp³-hybridized carbons (Fsp3) is 0.429. The highest BCUT2D eigenvalue weighted by molar-refractivity contribution is 5.51. The summed E-state index contributed by atoms with van der Waals surface area (Å²) in [5.41, 5.74) is 1.90. The third kappa shape index (κ3) is 2.96. The Morgan fingerprint density at radius 3 is 2.78 bits per heavy atom. The van der Waals surface area contributed by atoms with Crippen LogP contribution in [0.1, 0.15) is 18.9 Å². The lowest BCUT2D eigenvalue weighted by Crippen LogP contribution is -2.17. The zero-order valence-corrected chi connectivity index (χ0v) is 10.7. The van der Waals surface area contributed by atoms with Gasteiger partial charge < -0.3 is 19.3 Å². The SMILES string of the molecule is C=C(C)C[C@@H](O)COc1cc2c(cc1C)OCO2. The van der Waals surface area contributed by atoms with Crippen LogP contribution in [0.25, 0.3) is 0 Å². The molecule has 98 valence electrons. The lowest BCUT2D eigenvalue weighted by atomic mass is 10.1. The lowest BCUT2D eigenvalue weighted by Gasteiger charge is -2.14. The molecule has 1 heterocycles. The van der Waals surface area contributed by atoms with Crippen LogP contribution in [0.5, 0.6) is 17.2 Å². The Morgan fingerprint density at radius 1 is 1.44 bits per heavy atom. The largest absolute Gasteiger partial charge is 0.490 e. The van der Waals surface area contributed by atoms with E-state index < -0.39 is 6.10 Å². The molecular formula is C14H18O4. The summed E-state index contributed by atoms with van der Waals surface area (Å²) in [4.78, 5) is 0. The van der Waals surface area contributed by atoms with Crippen LogP contribution in [0.15, 0.2) is 24.3 Å². The second-order valence-electron chi connectivity index (χ2n) is 4.60. The molecule has 0 aromatic heterocycles. The van der Waals surface area contributed by atoms with Crippen molar-refractivity contribution in [2.24, 2.45) is 0 Å². The fourth-order valence-corrected chi connectivity index (χ4v) is 1.83. The van der Waals surface area contributed by atoms with E-state index in [1.165, 1.54) is 0 Å². The van der Waals surface area contributed by atoms with Gasteiger partial charge in [-0.05, 0) is 31.9 Å². The van der Waals surface area contributed by atoms with E-state index in [1.807, 2.05) is 19.9 Å². The van der Waals surface area contributed by atoms with Gasteiger partial charge in [0.25, 0.3) is 0 Å². The molecule has 1 atom stereocenters. The summed E-state index contributed by atoms with van der Waals surface area (Å²) in [6.07, 6.45) is 0.0104.